The lowest BCUT2D eigenvalue weighted by Crippen LogP contribution is -2.38. The average Bonchev–Trinajstić information content (AvgIpc) is 3.31. The van der Waals surface area contributed by atoms with Crippen LogP contribution in [0.5, 0.6) is 0 Å². The van der Waals surface area contributed by atoms with Crippen molar-refractivity contribution >= 4 is 28.7 Å². The molecule has 0 saturated carbocycles. The number of fused-ring (bicyclic) bond motifs is 1. The van der Waals surface area contributed by atoms with Gasteiger partial charge in [-0.15, -0.1) is 0 Å². The Bertz CT molecular complexity index is 1260. The van der Waals surface area contributed by atoms with Crippen molar-refractivity contribution in [1.29, 1.82) is 0 Å². The van der Waals surface area contributed by atoms with Gasteiger partial charge in [0.25, 0.3) is 0 Å². The number of aryl methyl sites for hydroxylation is 1. The molecule has 1 saturated heterocycles. The summed E-state index contributed by atoms with van der Waals surface area (Å²) in [6, 6.07) is 7.45. The maximum atomic E-state index is 14.4. The molecule has 0 unspecified atom stereocenters. The highest BCUT2D eigenvalue weighted by Crippen LogP contribution is 2.33. The van der Waals surface area contributed by atoms with Crippen molar-refractivity contribution in [2.24, 2.45) is 5.92 Å². The Kier molecular flexibility index (Phi) is 6.58. The van der Waals surface area contributed by atoms with Crippen molar-refractivity contribution < 1.29 is 32.3 Å². The number of benzene rings is 2. The monoisotopic (exact) mass is 473 g/mol. The molecule has 2 aromatic carbocycles. The molecule has 10 heteroatoms. The third-order valence-corrected chi connectivity index (χ3v) is 5.77. The molecule has 1 aromatic heterocycles. The van der Waals surface area contributed by atoms with Gasteiger partial charge in [-0.1, -0.05) is 0 Å². The number of rotatable bonds is 7. The number of nitrogens with one attached hydrogen (secondary N) is 3. The zero-order valence-corrected chi connectivity index (χ0v) is 18.2. The van der Waals surface area contributed by atoms with Gasteiger partial charge in [-0.3, -0.25) is 14.4 Å². The summed E-state index contributed by atoms with van der Waals surface area (Å²) < 4.78 is 46.8. The van der Waals surface area contributed by atoms with E-state index in [2.05, 4.69) is 15.6 Å². The van der Waals surface area contributed by atoms with Crippen molar-refractivity contribution in [1.82, 2.24) is 15.6 Å². The summed E-state index contributed by atoms with van der Waals surface area (Å²) in [7, 11) is 0. The van der Waals surface area contributed by atoms with E-state index in [1.165, 1.54) is 37.3 Å². The Hall–Kier alpha value is -3.82. The molecule has 7 nitrogen and oxygen atoms in total. The van der Waals surface area contributed by atoms with Crippen LogP contribution in [0.4, 0.5) is 13.2 Å². The van der Waals surface area contributed by atoms with E-state index in [9.17, 15) is 27.6 Å². The molecular weight excluding hydrogens is 451 g/mol. The van der Waals surface area contributed by atoms with Gasteiger partial charge >= 0.3 is 5.97 Å². The Labute approximate surface area is 192 Å². The number of ether oxygens (including phenoxy) is 1. The molecule has 2 heterocycles. The van der Waals surface area contributed by atoms with Crippen LogP contribution in [0, 0.1) is 23.4 Å². The van der Waals surface area contributed by atoms with Crippen molar-refractivity contribution in [2.45, 2.75) is 25.9 Å². The smallest absolute Gasteiger partial charge is 0.302 e. The first-order valence-electron chi connectivity index (χ1n) is 10.7. The van der Waals surface area contributed by atoms with Crippen LogP contribution in [-0.2, 0) is 25.5 Å². The fraction of sp³-hybridized carbons (Fsp3) is 0.292. The first-order chi connectivity index (χ1) is 16.2. The number of carbonyl (C=O) groups is 3. The second-order valence-electron chi connectivity index (χ2n) is 8.10. The lowest BCUT2D eigenvalue weighted by Gasteiger charge is -2.17. The highest BCUT2D eigenvalue weighted by Gasteiger charge is 2.37. The zero-order chi connectivity index (χ0) is 24.4. The van der Waals surface area contributed by atoms with Gasteiger partial charge in [-0.25, -0.2) is 13.2 Å². The van der Waals surface area contributed by atoms with E-state index in [0.717, 1.165) is 6.07 Å². The number of hydrogen-bond donors (Lipinski definition) is 3. The number of halogens is 3. The molecule has 4 rings (SSSR count). The van der Waals surface area contributed by atoms with Crippen LogP contribution in [0.2, 0.25) is 0 Å². The lowest BCUT2D eigenvalue weighted by molar-refractivity contribution is -0.147. The highest BCUT2D eigenvalue weighted by molar-refractivity contribution is 5.92. The Morgan fingerprint density at radius 3 is 2.56 bits per heavy atom. The average molecular weight is 473 g/mol. The van der Waals surface area contributed by atoms with Crippen molar-refractivity contribution in [3.8, 4) is 11.3 Å². The SMILES string of the molecule is CC(=O)O[C@@H]1CNC(=O)[C@H]1CNC(=O)CCc1c(-c2ccc(F)cc2)[nH]c2c(F)cc(F)cc12. The molecule has 0 radical (unpaired) electrons. The summed E-state index contributed by atoms with van der Waals surface area (Å²) in [5.41, 5.74) is 1.60. The van der Waals surface area contributed by atoms with Crippen molar-refractivity contribution in [3.05, 3.63) is 59.4 Å². The van der Waals surface area contributed by atoms with Crippen molar-refractivity contribution in [3.63, 3.8) is 0 Å². The van der Waals surface area contributed by atoms with Crippen LogP contribution in [0.1, 0.15) is 18.9 Å². The van der Waals surface area contributed by atoms with Gasteiger partial charge in [0, 0.05) is 37.0 Å². The molecule has 3 N–H and O–H groups in total. The zero-order valence-electron chi connectivity index (χ0n) is 18.2. The maximum absolute atomic E-state index is 14.4. The van der Waals surface area contributed by atoms with Gasteiger partial charge in [0.2, 0.25) is 11.8 Å². The molecule has 3 aromatic rings. The summed E-state index contributed by atoms with van der Waals surface area (Å²) in [5, 5.41) is 5.54. The second-order valence-corrected chi connectivity index (χ2v) is 8.10. The van der Waals surface area contributed by atoms with Crippen LogP contribution >= 0.6 is 0 Å². The first kappa shape index (κ1) is 23.3. The van der Waals surface area contributed by atoms with E-state index >= 15 is 0 Å². The van der Waals surface area contributed by atoms with Gasteiger partial charge in [0.15, 0.2) is 0 Å². The van der Waals surface area contributed by atoms with Crippen LogP contribution in [0.15, 0.2) is 36.4 Å². The lowest BCUT2D eigenvalue weighted by atomic mass is 10.0. The Morgan fingerprint density at radius 2 is 1.85 bits per heavy atom. The maximum Gasteiger partial charge on any atom is 0.302 e. The van der Waals surface area contributed by atoms with Gasteiger partial charge in [0.05, 0.1) is 18.0 Å². The van der Waals surface area contributed by atoms with E-state index < -0.39 is 41.4 Å². The molecule has 0 bridgehead atoms. The number of amides is 2. The van der Waals surface area contributed by atoms with Gasteiger partial charge in [-0.2, -0.15) is 0 Å². The predicted molar refractivity (Wildman–Crippen MR) is 117 cm³/mol. The number of aromatic amines is 1. The molecule has 0 aliphatic carbocycles. The van der Waals surface area contributed by atoms with Crippen LogP contribution in [0.25, 0.3) is 22.2 Å². The van der Waals surface area contributed by atoms with Crippen molar-refractivity contribution in [2.75, 3.05) is 13.1 Å². The largest absolute Gasteiger partial charge is 0.460 e. The molecule has 1 aliphatic heterocycles. The Morgan fingerprint density at radius 1 is 1.12 bits per heavy atom. The third-order valence-electron chi connectivity index (χ3n) is 5.77. The van der Waals surface area contributed by atoms with Gasteiger partial charge in [0.1, 0.15) is 23.6 Å². The molecule has 1 fully saturated rings. The van der Waals surface area contributed by atoms with E-state index in [-0.39, 0.29) is 42.7 Å². The van der Waals surface area contributed by atoms with Crippen LogP contribution in [0.3, 0.4) is 0 Å². The fourth-order valence-electron chi connectivity index (χ4n) is 4.15. The highest BCUT2D eigenvalue weighted by atomic mass is 19.1. The molecule has 0 spiro atoms. The summed E-state index contributed by atoms with van der Waals surface area (Å²) >= 11 is 0. The third kappa shape index (κ3) is 4.90. The van der Waals surface area contributed by atoms with E-state index in [0.29, 0.717) is 16.8 Å². The van der Waals surface area contributed by atoms with Gasteiger partial charge in [-0.05, 0) is 47.9 Å². The molecule has 2 atom stereocenters. The molecule has 178 valence electrons. The Balaban J connectivity index is 1.51. The fourth-order valence-corrected chi connectivity index (χ4v) is 4.15. The van der Waals surface area contributed by atoms with Crippen LogP contribution < -0.4 is 10.6 Å². The predicted octanol–water partition coefficient (Wildman–Crippen LogP) is 2.98. The molecular formula is C24H22F3N3O4. The summed E-state index contributed by atoms with van der Waals surface area (Å²) in [6.45, 7) is 1.39. The first-order valence-corrected chi connectivity index (χ1v) is 10.7. The number of carbonyl (C=O) groups excluding carboxylic acids is 3. The number of esters is 1. The van der Waals surface area contributed by atoms with E-state index in [1.54, 1.807) is 0 Å². The summed E-state index contributed by atoms with van der Waals surface area (Å²) in [4.78, 5) is 38.7. The second kappa shape index (κ2) is 9.58. The minimum absolute atomic E-state index is 0.0232. The molecule has 2 amide bonds. The normalized spacial score (nSPS) is 17.6. The minimum atomic E-state index is -0.780. The van der Waals surface area contributed by atoms with E-state index in [1.807, 2.05) is 0 Å². The summed E-state index contributed by atoms with van der Waals surface area (Å²) in [5.74, 6) is -3.93. The topological polar surface area (TPSA) is 100 Å². The summed E-state index contributed by atoms with van der Waals surface area (Å²) in [6.07, 6.45) is -0.577. The number of H-pyrrole nitrogens is 1. The minimum Gasteiger partial charge on any atom is -0.460 e. The number of hydrogen-bond acceptors (Lipinski definition) is 4. The number of aromatic nitrogens is 1. The quantitative estimate of drug-likeness (QED) is 0.460. The standard InChI is InChI=1S/C24H22F3N3O4/c1-12(31)34-20-11-29-24(33)18(20)10-28-21(32)7-6-16-17-8-15(26)9-19(27)23(17)30-22(16)13-2-4-14(25)5-3-13/h2-5,8-9,18,20,30H,6-7,10-11H2,1H3,(H,28,32)(H,29,33)/t18-,20+/m0/s1. The molecule has 34 heavy (non-hydrogen) atoms. The molecule has 1 aliphatic rings. The van der Waals surface area contributed by atoms with Crippen LogP contribution in [-0.4, -0.2) is 42.0 Å². The van der Waals surface area contributed by atoms with E-state index in [4.69, 9.17) is 4.74 Å². The van der Waals surface area contributed by atoms with Gasteiger partial charge < -0.3 is 20.4 Å².